The summed E-state index contributed by atoms with van der Waals surface area (Å²) in [5.74, 6) is -13.9. The second-order valence-electron chi connectivity index (χ2n) is 8.54. The molecule has 0 aliphatic heterocycles. The minimum absolute atomic E-state index is 0.0804. The normalized spacial score (nSPS) is 13.0. The van der Waals surface area contributed by atoms with Crippen molar-refractivity contribution in [2.24, 2.45) is 5.92 Å². The van der Waals surface area contributed by atoms with Gasteiger partial charge in [0, 0.05) is 12.3 Å². The van der Waals surface area contributed by atoms with Crippen LogP contribution in [0.3, 0.4) is 0 Å². The smallest absolute Gasteiger partial charge is 0.305 e. The molecule has 1 aromatic carbocycles. The molecular weight excluding hydrogens is 554 g/mol. The van der Waals surface area contributed by atoms with Crippen molar-refractivity contribution in [3.63, 3.8) is 0 Å². The predicted octanol–water partition coefficient (Wildman–Crippen LogP) is 1.97. The highest BCUT2D eigenvalue weighted by Crippen LogP contribution is 2.26. The molecule has 0 fully saturated rings. The van der Waals surface area contributed by atoms with E-state index in [1.165, 1.54) is 39.1 Å². The highest BCUT2D eigenvalue weighted by atomic mass is 32.2. The summed E-state index contributed by atoms with van der Waals surface area (Å²) in [5.41, 5.74) is -1.28. The Labute approximate surface area is 219 Å². The Kier molecular flexibility index (Phi) is 10.2. The zero-order chi connectivity index (χ0) is 29.7. The number of Topliss-reactive ketones (excluding diaryl/α,β-unsaturated/α-hetero) is 1. The zero-order valence-electron chi connectivity index (χ0n) is 20.8. The fourth-order valence-electron chi connectivity index (χ4n) is 3.40. The van der Waals surface area contributed by atoms with Gasteiger partial charge >= 0.3 is 5.97 Å². The van der Waals surface area contributed by atoms with E-state index in [-0.39, 0.29) is 17.5 Å². The van der Waals surface area contributed by atoms with Gasteiger partial charge in [-0.05, 0) is 25.0 Å². The minimum Gasteiger partial charge on any atom is -0.481 e. The van der Waals surface area contributed by atoms with Crippen molar-refractivity contribution in [2.75, 3.05) is 17.1 Å². The Bertz CT molecular complexity index is 1400. The van der Waals surface area contributed by atoms with Crippen LogP contribution in [-0.2, 0) is 24.4 Å². The summed E-state index contributed by atoms with van der Waals surface area (Å²) in [7, 11) is -3.85. The number of hydrogen-bond acceptors (Lipinski definition) is 7. The molecule has 0 aliphatic carbocycles. The molecule has 11 nitrogen and oxygen atoms in total. The van der Waals surface area contributed by atoms with Gasteiger partial charge in [0.25, 0.3) is 5.56 Å². The molecule has 2 aromatic rings. The number of hydrogen-bond donors (Lipinski definition) is 3. The van der Waals surface area contributed by atoms with E-state index in [1.54, 1.807) is 0 Å². The minimum atomic E-state index is -3.85. The van der Waals surface area contributed by atoms with Crippen LogP contribution in [0.1, 0.15) is 33.2 Å². The van der Waals surface area contributed by atoms with E-state index in [2.05, 4.69) is 14.8 Å². The van der Waals surface area contributed by atoms with Crippen LogP contribution in [0.2, 0.25) is 0 Å². The van der Waals surface area contributed by atoms with Gasteiger partial charge in [0.1, 0.15) is 24.4 Å². The van der Waals surface area contributed by atoms with E-state index < -0.39 is 93.3 Å². The van der Waals surface area contributed by atoms with Gasteiger partial charge in [0.15, 0.2) is 23.2 Å². The molecule has 214 valence electrons. The summed E-state index contributed by atoms with van der Waals surface area (Å²) in [6.45, 7) is 3.09. The maximum absolute atomic E-state index is 13.8. The van der Waals surface area contributed by atoms with E-state index in [1.807, 2.05) is 0 Å². The average molecular weight is 580 g/mol. The van der Waals surface area contributed by atoms with Gasteiger partial charge < -0.3 is 19.7 Å². The second-order valence-corrected chi connectivity index (χ2v) is 10.6. The first kappa shape index (κ1) is 31.3. The molecule has 0 spiro atoms. The van der Waals surface area contributed by atoms with Crippen LogP contribution in [0, 0.1) is 29.2 Å². The van der Waals surface area contributed by atoms with Crippen LogP contribution < -0.4 is 20.3 Å². The fourth-order valence-corrected chi connectivity index (χ4v) is 4.03. The SMILES string of the molecule is CCS(=O)(=O)Nc1cccn([C@H](C(=O)N[C@@H](CC(=O)O)C(=O)COc2c(F)c(F)cc(F)c2F)C(C)C)c1=O. The number of anilines is 1. The number of benzene rings is 1. The number of pyridine rings is 1. The summed E-state index contributed by atoms with van der Waals surface area (Å²) < 4.78 is 85.8. The van der Waals surface area contributed by atoms with Gasteiger partial charge in [-0.3, -0.25) is 23.9 Å². The van der Waals surface area contributed by atoms with E-state index >= 15 is 0 Å². The quantitative estimate of drug-likeness (QED) is 0.240. The summed E-state index contributed by atoms with van der Waals surface area (Å²) in [5, 5.41) is 11.3. The average Bonchev–Trinajstić information content (AvgIpc) is 2.84. The van der Waals surface area contributed by atoms with Crippen LogP contribution >= 0.6 is 0 Å². The number of rotatable bonds is 13. The third-order valence-corrected chi connectivity index (χ3v) is 6.62. The predicted molar refractivity (Wildman–Crippen MR) is 129 cm³/mol. The Morgan fingerprint density at radius 2 is 1.69 bits per heavy atom. The number of nitrogens with zero attached hydrogens (tertiary/aromatic N) is 1. The number of carbonyl (C=O) groups excluding carboxylic acids is 2. The van der Waals surface area contributed by atoms with Crippen molar-refractivity contribution in [3.05, 3.63) is 58.0 Å². The molecule has 0 bridgehead atoms. The molecule has 2 rings (SSSR count). The maximum Gasteiger partial charge on any atom is 0.305 e. The Morgan fingerprint density at radius 1 is 1.10 bits per heavy atom. The highest BCUT2D eigenvalue weighted by Gasteiger charge is 2.32. The molecule has 2 atom stereocenters. The molecule has 0 radical (unpaired) electrons. The summed E-state index contributed by atoms with van der Waals surface area (Å²) in [6.07, 6.45) is 0.157. The second kappa shape index (κ2) is 12.7. The number of ketones is 1. The van der Waals surface area contributed by atoms with Crippen molar-refractivity contribution >= 4 is 33.4 Å². The molecule has 0 aliphatic rings. The number of carbonyl (C=O) groups is 3. The van der Waals surface area contributed by atoms with Gasteiger partial charge in [-0.25, -0.2) is 17.2 Å². The summed E-state index contributed by atoms with van der Waals surface area (Å²) in [4.78, 5) is 50.0. The molecule has 0 saturated carbocycles. The highest BCUT2D eigenvalue weighted by molar-refractivity contribution is 7.92. The van der Waals surface area contributed by atoms with Crippen molar-refractivity contribution in [1.82, 2.24) is 9.88 Å². The molecule has 3 N–H and O–H groups in total. The number of aliphatic carboxylic acids is 1. The van der Waals surface area contributed by atoms with Crippen molar-refractivity contribution in [2.45, 2.75) is 39.3 Å². The standard InChI is InChI=1S/C23H25F4N3O8S/c1-4-39(36,37)29-14-6-5-7-30(23(14)35)20(11(2)3)22(34)28-15(9-17(32)33)16(31)10-38-21-18(26)12(24)8-13(25)19(21)27/h5-8,11,15,20,29H,4,9-10H2,1-3H3,(H,28,34)(H,32,33)/t15-,20-/m0/s1. The number of carboxylic acid groups (broad SMARTS) is 1. The van der Waals surface area contributed by atoms with Crippen molar-refractivity contribution < 1.29 is 50.2 Å². The third kappa shape index (κ3) is 7.78. The zero-order valence-corrected chi connectivity index (χ0v) is 21.7. The summed E-state index contributed by atoms with van der Waals surface area (Å²) in [6, 6.07) is -0.850. The van der Waals surface area contributed by atoms with Crippen LogP contribution in [-0.4, -0.2) is 54.2 Å². The van der Waals surface area contributed by atoms with Gasteiger partial charge in [0.2, 0.25) is 27.6 Å². The van der Waals surface area contributed by atoms with Crippen LogP contribution in [0.4, 0.5) is 23.2 Å². The number of aromatic nitrogens is 1. The van der Waals surface area contributed by atoms with Gasteiger partial charge in [0.05, 0.1) is 12.2 Å². The summed E-state index contributed by atoms with van der Waals surface area (Å²) >= 11 is 0. The Morgan fingerprint density at radius 3 is 2.21 bits per heavy atom. The van der Waals surface area contributed by atoms with Gasteiger partial charge in [-0.1, -0.05) is 13.8 Å². The Hall–Kier alpha value is -3.95. The first-order valence-corrected chi connectivity index (χ1v) is 13.0. The van der Waals surface area contributed by atoms with Crippen LogP contribution in [0.5, 0.6) is 5.75 Å². The van der Waals surface area contributed by atoms with Gasteiger partial charge in [-0.15, -0.1) is 0 Å². The van der Waals surface area contributed by atoms with E-state index in [0.29, 0.717) is 0 Å². The van der Waals surface area contributed by atoms with Gasteiger partial charge in [-0.2, -0.15) is 8.78 Å². The number of halogens is 4. The first-order chi connectivity index (χ1) is 18.1. The number of amides is 1. The number of nitrogens with one attached hydrogen (secondary N) is 2. The molecule has 0 saturated heterocycles. The lowest BCUT2D eigenvalue weighted by Gasteiger charge is -2.26. The van der Waals surface area contributed by atoms with Crippen LogP contribution in [0.25, 0.3) is 0 Å². The largest absolute Gasteiger partial charge is 0.481 e. The van der Waals surface area contributed by atoms with Crippen LogP contribution in [0.15, 0.2) is 29.2 Å². The topological polar surface area (TPSA) is 161 Å². The molecule has 1 aromatic heterocycles. The molecule has 1 heterocycles. The molecule has 39 heavy (non-hydrogen) atoms. The van der Waals surface area contributed by atoms with E-state index in [4.69, 9.17) is 0 Å². The lowest BCUT2D eigenvalue weighted by molar-refractivity contribution is -0.141. The van der Waals surface area contributed by atoms with E-state index in [0.717, 1.165) is 4.57 Å². The number of sulfonamides is 1. The lowest BCUT2D eigenvalue weighted by atomic mass is 10.0. The lowest BCUT2D eigenvalue weighted by Crippen LogP contribution is -2.49. The third-order valence-electron chi connectivity index (χ3n) is 5.33. The van der Waals surface area contributed by atoms with Crippen molar-refractivity contribution in [1.29, 1.82) is 0 Å². The maximum atomic E-state index is 13.8. The molecule has 16 heteroatoms. The first-order valence-electron chi connectivity index (χ1n) is 11.3. The Balaban J connectivity index is 2.34. The fraction of sp³-hybridized carbons (Fsp3) is 0.391. The molecule has 1 amide bonds. The van der Waals surface area contributed by atoms with E-state index in [9.17, 15) is 50.3 Å². The molecule has 0 unspecified atom stereocenters. The van der Waals surface area contributed by atoms with Crippen molar-refractivity contribution in [3.8, 4) is 5.75 Å². The number of carboxylic acids is 1. The monoisotopic (exact) mass is 579 g/mol. The number of ether oxygens (including phenoxy) is 1. The molecular formula is C23H25F4N3O8S.